The van der Waals surface area contributed by atoms with E-state index in [1.807, 2.05) is 0 Å². The molecule has 0 aliphatic rings. The van der Waals surface area contributed by atoms with Crippen LogP contribution in [0.5, 0.6) is 0 Å². The van der Waals surface area contributed by atoms with Gasteiger partial charge in [-0.15, -0.1) is 0 Å². The van der Waals surface area contributed by atoms with E-state index in [9.17, 15) is 85.5 Å². The topological polar surface area (TPSA) is 489 Å². The SMILES string of the molecule is CC(C)(C)P(=O)([O-])O.CC(C)(C)P(=O)([O-])O.CC(C)(C)P(=O)([O-])O.CC(C)(C)P(=O)([O-])O.CC(C)(C)P(=O)([O-])O.CC(C)(C)P(=O)([O-])O.CC(C)(C)P(=O)([O-])[O-].CC(C)(C)P(=O)([O-])[O-].[F-].[F-].[Ga+3].[Ga+3].[Ga+3].[Ga+3]. The van der Waals surface area contributed by atoms with Crippen LogP contribution in [0.2, 0.25) is 0 Å². The summed E-state index contributed by atoms with van der Waals surface area (Å²) in [5, 5.41) is -8.28. The summed E-state index contributed by atoms with van der Waals surface area (Å²) in [7, 11) is -33.3. The third-order valence-corrected chi connectivity index (χ3v) is 20.2. The van der Waals surface area contributed by atoms with Crippen molar-refractivity contribution in [3.63, 3.8) is 0 Å². The quantitative estimate of drug-likeness (QED) is 0.0971. The van der Waals surface area contributed by atoms with Crippen molar-refractivity contribution < 1.29 is 124 Å². The number of hydrogen-bond donors (Lipinski definition) is 6. The maximum Gasteiger partial charge on any atom is 3.00 e. The summed E-state index contributed by atoms with van der Waals surface area (Å²) in [5.41, 5.74) is 0. The summed E-state index contributed by atoms with van der Waals surface area (Å²) < 4.78 is 81.7. The normalized spacial score (nSPS) is 17.0. The molecule has 0 aromatic rings. The molecule has 416 valence electrons. The zero-order valence-corrected chi connectivity index (χ0v) is 61.5. The van der Waals surface area contributed by atoms with Gasteiger partial charge in [-0.2, -0.15) is 0 Å². The predicted octanol–water partition coefficient (Wildman–Crippen LogP) is -6.13. The van der Waals surface area contributed by atoms with Gasteiger partial charge in [-0.3, -0.25) is 0 Å². The average Bonchev–Trinajstić information content (AvgIpc) is 2.81. The fraction of sp³-hybridized carbons (Fsp3) is 1.00. The monoisotopic (exact) mass is 1410 g/mol. The number of rotatable bonds is 0. The fourth-order valence-corrected chi connectivity index (χ4v) is 0. The Morgan fingerprint density at radius 2 is 0.243 bits per heavy atom. The first kappa shape index (κ1) is 109. The first-order valence-electron chi connectivity index (χ1n) is 18.3. The second-order valence-electron chi connectivity index (χ2n) is 21.5. The molecule has 0 rings (SSSR count). The molecule has 6 N–H and O–H groups in total. The molecule has 0 aliphatic heterocycles. The minimum absolute atomic E-state index is 0. The largest absolute Gasteiger partial charge is 3.00 e. The molecule has 0 aliphatic carbocycles. The second-order valence-corrected chi connectivity index (χ2v) is 40.5. The van der Waals surface area contributed by atoms with E-state index in [1.165, 1.54) is 166 Å². The van der Waals surface area contributed by atoms with E-state index in [0.717, 1.165) is 0 Å². The van der Waals surface area contributed by atoms with Crippen molar-refractivity contribution in [1.29, 1.82) is 0 Å². The Hall–Kier alpha value is 3.61. The van der Waals surface area contributed by atoms with E-state index >= 15 is 0 Å². The van der Waals surface area contributed by atoms with Gasteiger partial charge in [-0.25, -0.2) is 0 Å². The van der Waals surface area contributed by atoms with E-state index in [1.54, 1.807) is 0 Å². The van der Waals surface area contributed by atoms with Crippen molar-refractivity contribution in [1.82, 2.24) is 0 Å². The number of hydrogen-bond acceptors (Lipinski definition) is 18. The molecule has 0 aromatic heterocycles. The Bertz CT molecular complexity index is 1360. The van der Waals surface area contributed by atoms with Crippen LogP contribution in [0.3, 0.4) is 0 Å². The molecule has 0 bridgehead atoms. The van der Waals surface area contributed by atoms with Gasteiger partial charge >= 0.3 is 79.2 Å². The summed E-state index contributed by atoms with van der Waals surface area (Å²) in [4.78, 5) is 152. The van der Waals surface area contributed by atoms with Crippen molar-refractivity contribution >= 4 is 140 Å². The average molecular weight is 1410 g/mol. The summed E-state index contributed by atoms with van der Waals surface area (Å²) in [6.07, 6.45) is 0. The zero-order valence-electron chi connectivity index (χ0n) is 44.7. The first-order valence-corrected chi connectivity index (χ1v) is 30.8. The minimum Gasteiger partial charge on any atom is -1.00 e. The van der Waals surface area contributed by atoms with Crippen molar-refractivity contribution in [2.45, 2.75) is 207 Å². The summed E-state index contributed by atoms with van der Waals surface area (Å²) in [6.45, 7) is 34.3. The molecule has 38 heteroatoms. The van der Waals surface area contributed by atoms with Crippen LogP contribution in [0.4, 0.5) is 0 Å². The van der Waals surface area contributed by atoms with Gasteiger partial charge in [-0.05, 0) is 10.3 Å². The molecule has 24 nitrogen and oxygen atoms in total. The molecular formula is C32H78F2Ga4O24P8. The molecular weight excluding hydrogens is 1330 g/mol. The van der Waals surface area contributed by atoms with Crippen LogP contribution in [-0.4, -0.2) is 150 Å². The van der Waals surface area contributed by atoms with Crippen molar-refractivity contribution in [3.8, 4) is 0 Å². The van der Waals surface area contributed by atoms with Gasteiger partial charge in [0.05, 0.1) is 0 Å². The van der Waals surface area contributed by atoms with Crippen LogP contribution >= 0.6 is 60.8 Å². The smallest absolute Gasteiger partial charge is 1.00 e. The Kier molecular flexibility index (Phi) is 58.5. The van der Waals surface area contributed by atoms with Gasteiger partial charge in [0.25, 0.3) is 0 Å². The van der Waals surface area contributed by atoms with Crippen LogP contribution in [0.15, 0.2) is 0 Å². The molecule has 0 saturated carbocycles. The van der Waals surface area contributed by atoms with E-state index < -0.39 is 102 Å². The van der Waals surface area contributed by atoms with Crippen molar-refractivity contribution in [2.24, 2.45) is 0 Å². The summed E-state index contributed by atoms with van der Waals surface area (Å²) in [5.74, 6) is 0. The Labute approximate surface area is 468 Å². The summed E-state index contributed by atoms with van der Waals surface area (Å²) in [6, 6.07) is 0. The molecule has 0 heterocycles. The third kappa shape index (κ3) is 62.4. The fourth-order valence-electron chi connectivity index (χ4n) is 0. The maximum absolute atomic E-state index is 10.2. The minimum atomic E-state index is -4.35. The molecule has 0 amide bonds. The van der Waals surface area contributed by atoms with E-state index in [0.29, 0.717) is 0 Å². The van der Waals surface area contributed by atoms with Crippen LogP contribution in [0, 0.1) is 0 Å². The molecule has 0 saturated heterocycles. The van der Waals surface area contributed by atoms with Crippen LogP contribution in [0.25, 0.3) is 0 Å². The molecule has 0 fully saturated rings. The summed E-state index contributed by atoms with van der Waals surface area (Å²) >= 11 is 0. The van der Waals surface area contributed by atoms with Gasteiger partial charge in [0.2, 0.25) is 0 Å². The Balaban J connectivity index is -0.0000000422. The molecule has 6 unspecified atom stereocenters. The Morgan fingerprint density at radius 1 is 0.214 bits per heavy atom. The number of halogens is 2. The second kappa shape index (κ2) is 37.5. The molecule has 70 heavy (non-hydrogen) atoms. The van der Waals surface area contributed by atoms with Crippen molar-refractivity contribution in [2.75, 3.05) is 0 Å². The van der Waals surface area contributed by atoms with Gasteiger partial charge in [0.1, 0.15) is 45.6 Å². The van der Waals surface area contributed by atoms with Gasteiger partial charge in [0, 0.05) is 30.9 Å². The van der Waals surface area contributed by atoms with E-state index in [4.69, 9.17) is 29.4 Å². The molecule has 0 spiro atoms. The zero-order chi connectivity index (χ0) is 56.0. The van der Waals surface area contributed by atoms with E-state index in [-0.39, 0.29) is 88.6 Å². The predicted molar refractivity (Wildman–Crippen MR) is 255 cm³/mol. The van der Waals surface area contributed by atoms with E-state index in [2.05, 4.69) is 0 Å². The first-order chi connectivity index (χ1) is 26.0. The molecule has 6 atom stereocenters. The maximum atomic E-state index is 10.2. The molecule has 0 radical (unpaired) electrons. The Morgan fingerprint density at radius 3 is 0.243 bits per heavy atom. The standard InChI is InChI=1S/8C4H11O3P.2FH.4Ga/c8*1-4(2,3)8(5,6)7;;;;;;/h8*1-3H3,(H2,5,6,7);2*1H;;;;/q;;;;;;;;;;4*+3/p-12. The van der Waals surface area contributed by atoms with Crippen molar-refractivity contribution in [3.05, 3.63) is 0 Å². The van der Waals surface area contributed by atoms with Crippen LogP contribution in [0.1, 0.15) is 166 Å². The third-order valence-electron chi connectivity index (χ3n) is 6.73. The molecule has 0 aromatic carbocycles. The van der Waals surface area contributed by atoms with Crippen LogP contribution < -0.4 is 58.3 Å². The van der Waals surface area contributed by atoms with Gasteiger partial charge in [0.15, 0.2) is 0 Å². The van der Waals surface area contributed by atoms with Crippen LogP contribution in [-0.2, 0) is 36.5 Å². The van der Waals surface area contributed by atoms with Gasteiger partial charge in [-0.1, -0.05) is 181 Å². The van der Waals surface area contributed by atoms with Gasteiger partial charge < -0.3 is 124 Å².